The third-order valence-electron chi connectivity index (χ3n) is 2.08. The van der Waals surface area contributed by atoms with E-state index in [1.807, 2.05) is 18.2 Å². The van der Waals surface area contributed by atoms with Crippen LogP contribution in [0.15, 0.2) is 27.1 Å². The topological polar surface area (TPSA) is 12.0 Å². The molecule has 0 bridgehead atoms. The highest BCUT2D eigenvalue weighted by Gasteiger charge is 2.07. The minimum Gasteiger partial charge on any atom is -0.381 e. The Morgan fingerprint density at radius 1 is 1.29 bits per heavy atom. The molecule has 0 amide bonds. The summed E-state index contributed by atoms with van der Waals surface area (Å²) in [5.41, 5.74) is 1.15. The van der Waals surface area contributed by atoms with E-state index in [9.17, 15) is 0 Å². The fraction of sp³-hybridized carbons (Fsp3) is 0.455. The first-order chi connectivity index (χ1) is 6.65. The molecule has 0 aliphatic rings. The highest BCUT2D eigenvalue weighted by Crippen LogP contribution is 2.31. The average molecular weight is 321 g/mol. The Bertz CT molecular complexity index is 279. The molecule has 78 valence electrons. The summed E-state index contributed by atoms with van der Waals surface area (Å²) in [7, 11) is 0. The first kappa shape index (κ1) is 12.1. The smallest absolute Gasteiger partial charge is 0.0631 e. The molecule has 0 saturated heterocycles. The number of halogens is 2. The highest BCUT2D eigenvalue weighted by molar-refractivity contribution is 9.11. The van der Waals surface area contributed by atoms with E-state index in [4.69, 9.17) is 0 Å². The van der Waals surface area contributed by atoms with Crippen LogP contribution >= 0.6 is 31.9 Å². The number of hydrogen-bond donors (Lipinski definition) is 1. The summed E-state index contributed by atoms with van der Waals surface area (Å²) in [5, 5.41) is 3.49. The van der Waals surface area contributed by atoms with Crippen molar-refractivity contribution in [2.24, 2.45) is 0 Å². The van der Waals surface area contributed by atoms with Crippen LogP contribution in [0.2, 0.25) is 0 Å². The van der Waals surface area contributed by atoms with Gasteiger partial charge in [-0.1, -0.05) is 19.4 Å². The van der Waals surface area contributed by atoms with Gasteiger partial charge in [0.25, 0.3) is 0 Å². The SMILES string of the molecule is CCCC(C)Nc1c(Br)cccc1Br. The maximum Gasteiger partial charge on any atom is 0.0631 e. The van der Waals surface area contributed by atoms with E-state index in [-0.39, 0.29) is 0 Å². The first-order valence-electron chi connectivity index (χ1n) is 4.85. The van der Waals surface area contributed by atoms with Crippen molar-refractivity contribution >= 4 is 37.5 Å². The zero-order valence-corrected chi connectivity index (χ0v) is 11.7. The molecule has 1 aromatic rings. The third-order valence-corrected chi connectivity index (χ3v) is 3.40. The molecule has 0 aromatic heterocycles. The van der Waals surface area contributed by atoms with Crippen molar-refractivity contribution < 1.29 is 0 Å². The van der Waals surface area contributed by atoms with Gasteiger partial charge in [0, 0.05) is 15.0 Å². The Morgan fingerprint density at radius 3 is 2.36 bits per heavy atom. The average Bonchev–Trinajstić information content (AvgIpc) is 2.12. The predicted molar refractivity (Wildman–Crippen MR) is 69.8 cm³/mol. The Balaban J connectivity index is 2.75. The van der Waals surface area contributed by atoms with E-state index in [1.165, 1.54) is 12.8 Å². The molecule has 0 fully saturated rings. The maximum absolute atomic E-state index is 3.53. The van der Waals surface area contributed by atoms with Crippen molar-refractivity contribution in [2.45, 2.75) is 32.7 Å². The van der Waals surface area contributed by atoms with Crippen molar-refractivity contribution in [3.05, 3.63) is 27.1 Å². The molecule has 0 aliphatic heterocycles. The van der Waals surface area contributed by atoms with Crippen molar-refractivity contribution in [3.63, 3.8) is 0 Å². The van der Waals surface area contributed by atoms with E-state index in [0.717, 1.165) is 14.6 Å². The standard InChI is InChI=1S/C11H15Br2N/c1-3-5-8(2)14-11-9(12)6-4-7-10(11)13/h4,6-8,14H,3,5H2,1-2H3. The van der Waals surface area contributed by atoms with Gasteiger partial charge in [-0.3, -0.25) is 0 Å². The van der Waals surface area contributed by atoms with Crippen LogP contribution < -0.4 is 5.32 Å². The number of nitrogens with one attached hydrogen (secondary N) is 1. The van der Waals surface area contributed by atoms with Gasteiger partial charge in [0.2, 0.25) is 0 Å². The molecule has 0 spiro atoms. The van der Waals surface area contributed by atoms with Crippen molar-refractivity contribution in [1.29, 1.82) is 0 Å². The summed E-state index contributed by atoms with van der Waals surface area (Å²) in [6.45, 7) is 4.41. The van der Waals surface area contributed by atoms with Crippen molar-refractivity contribution in [2.75, 3.05) is 5.32 Å². The molecule has 1 aromatic carbocycles. The van der Waals surface area contributed by atoms with Gasteiger partial charge in [-0.25, -0.2) is 0 Å². The second-order valence-electron chi connectivity index (χ2n) is 3.43. The largest absolute Gasteiger partial charge is 0.381 e. The van der Waals surface area contributed by atoms with Crippen LogP contribution in [-0.4, -0.2) is 6.04 Å². The van der Waals surface area contributed by atoms with Gasteiger partial charge in [0.1, 0.15) is 0 Å². The molecule has 1 rings (SSSR count). The van der Waals surface area contributed by atoms with Crippen molar-refractivity contribution in [1.82, 2.24) is 0 Å². The molecule has 0 aliphatic carbocycles. The van der Waals surface area contributed by atoms with Crippen LogP contribution in [0, 0.1) is 0 Å². The van der Waals surface area contributed by atoms with E-state index in [1.54, 1.807) is 0 Å². The summed E-state index contributed by atoms with van der Waals surface area (Å²) in [6.07, 6.45) is 2.39. The summed E-state index contributed by atoms with van der Waals surface area (Å²) >= 11 is 7.07. The van der Waals surface area contributed by atoms with Gasteiger partial charge in [0.05, 0.1) is 5.69 Å². The van der Waals surface area contributed by atoms with Crippen LogP contribution in [0.25, 0.3) is 0 Å². The fourth-order valence-electron chi connectivity index (χ4n) is 1.39. The monoisotopic (exact) mass is 319 g/mol. The number of para-hydroxylation sites is 1. The van der Waals surface area contributed by atoms with Gasteiger partial charge in [-0.2, -0.15) is 0 Å². The zero-order valence-electron chi connectivity index (χ0n) is 8.48. The lowest BCUT2D eigenvalue weighted by Gasteiger charge is -2.16. The molecule has 1 atom stereocenters. The van der Waals surface area contributed by atoms with Gasteiger partial charge < -0.3 is 5.32 Å². The molecule has 0 radical (unpaired) electrons. The Morgan fingerprint density at radius 2 is 1.86 bits per heavy atom. The number of rotatable bonds is 4. The third kappa shape index (κ3) is 3.28. The van der Waals surface area contributed by atoms with E-state index in [0.29, 0.717) is 6.04 Å². The molecule has 0 saturated carbocycles. The number of hydrogen-bond acceptors (Lipinski definition) is 1. The molecule has 0 heterocycles. The molecular weight excluding hydrogens is 306 g/mol. The molecule has 1 nitrogen and oxygen atoms in total. The van der Waals surface area contributed by atoms with Crippen LogP contribution in [-0.2, 0) is 0 Å². The lowest BCUT2D eigenvalue weighted by atomic mass is 10.2. The maximum atomic E-state index is 3.53. The summed E-state index contributed by atoms with van der Waals surface area (Å²) in [4.78, 5) is 0. The normalized spacial score (nSPS) is 12.6. The van der Waals surface area contributed by atoms with Crippen LogP contribution in [0.4, 0.5) is 5.69 Å². The minimum atomic E-state index is 0.509. The van der Waals surface area contributed by atoms with Gasteiger partial charge in [0.15, 0.2) is 0 Å². The lowest BCUT2D eigenvalue weighted by molar-refractivity contribution is 0.689. The predicted octanol–water partition coefficient (Wildman–Crippen LogP) is 4.81. The first-order valence-corrected chi connectivity index (χ1v) is 6.44. The van der Waals surface area contributed by atoms with Crippen LogP contribution in [0.3, 0.4) is 0 Å². The number of anilines is 1. The lowest BCUT2D eigenvalue weighted by Crippen LogP contribution is -2.15. The Labute approximate surface area is 103 Å². The fourth-order valence-corrected chi connectivity index (χ4v) is 2.61. The molecule has 1 N–H and O–H groups in total. The molecule has 14 heavy (non-hydrogen) atoms. The van der Waals surface area contributed by atoms with E-state index in [2.05, 4.69) is 51.0 Å². The quantitative estimate of drug-likeness (QED) is 0.839. The molecule has 3 heteroatoms. The zero-order chi connectivity index (χ0) is 10.6. The summed E-state index contributed by atoms with van der Waals surface area (Å²) < 4.78 is 2.21. The second kappa shape index (κ2) is 5.76. The van der Waals surface area contributed by atoms with Gasteiger partial charge in [-0.05, 0) is 57.3 Å². The Hall–Kier alpha value is -0.0200. The van der Waals surface area contributed by atoms with Gasteiger partial charge >= 0.3 is 0 Å². The Kier molecular flexibility index (Phi) is 4.96. The summed E-state index contributed by atoms with van der Waals surface area (Å²) in [6, 6.07) is 6.62. The van der Waals surface area contributed by atoms with E-state index < -0.39 is 0 Å². The highest BCUT2D eigenvalue weighted by atomic mass is 79.9. The van der Waals surface area contributed by atoms with Gasteiger partial charge in [-0.15, -0.1) is 0 Å². The second-order valence-corrected chi connectivity index (χ2v) is 5.14. The molecular formula is C11H15Br2N. The van der Waals surface area contributed by atoms with Crippen LogP contribution in [0.5, 0.6) is 0 Å². The summed E-state index contributed by atoms with van der Waals surface area (Å²) in [5.74, 6) is 0. The minimum absolute atomic E-state index is 0.509. The van der Waals surface area contributed by atoms with Crippen molar-refractivity contribution in [3.8, 4) is 0 Å². The van der Waals surface area contributed by atoms with E-state index >= 15 is 0 Å². The van der Waals surface area contributed by atoms with Crippen LogP contribution in [0.1, 0.15) is 26.7 Å². The number of benzene rings is 1. The molecule has 1 unspecified atom stereocenters.